The smallest absolute Gasteiger partial charge is 0.230 e. The Morgan fingerprint density at radius 1 is 1.45 bits per heavy atom. The first kappa shape index (κ1) is 15.0. The number of halogens is 1. The highest BCUT2D eigenvalue weighted by atomic mass is 32.2. The Balaban J connectivity index is 1.54. The zero-order valence-electron chi connectivity index (χ0n) is 12.1. The topological polar surface area (TPSA) is 72.7 Å². The number of nitrogens with one attached hydrogen (secondary N) is 1. The molecule has 1 fully saturated rings. The summed E-state index contributed by atoms with van der Waals surface area (Å²) in [5, 5.41) is 14.7. The predicted octanol–water partition coefficient (Wildman–Crippen LogP) is 1.29. The zero-order chi connectivity index (χ0) is 15.6. The number of carbonyl (C=O) groups excluding carboxylic acids is 1. The first-order valence-electron chi connectivity index (χ1n) is 7.02. The highest BCUT2D eigenvalue weighted by Gasteiger charge is 2.52. The molecule has 0 spiro atoms. The summed E-state index contributed by atoms with van der Waals surface area (Å²) in [7, 11) is 1.76. The van der Waals surface area contributed by atoms with E-state index in [1.807, 2.05) is 0 Å². The number of carbonyl (C=O) groups is 1. The van der Waals surface area contributed by atoms with Gasteiger partial charge in [-0.25, -0.2) is 9.07 Å². The fourth-order valence-corrected chi connectivity index (χ4v) is 3.12. The molecular formula is C14H16FN5OS. The summed E-state index contributed by atoms with van der Waals surface area (Å²) < 4.78 is 15.5. The lowest BCUT2D eigenvalue weighted by atomic mass is 9.94. The molecule has 1 aromatic carbocycles. The van der Waals surface area contributed by atoms with Gasteiger partial charge in [0.15, 0.2) is 0 Å². The van der Waals surface area contributed by atoms with Crippen molar-refractivity contribution in [2.45, 2.75) is 23.4 Å². The van der Waals surface area contributed by atoms with E-state index >= 15 is 0 Å². The van der Waals surface area contributed by atoms with Crippen molar-refractivity contribution in [3.63, 3.8) is 0 Å². The number of rotatable bonds is 6. The Hall–Kier alpha value is -1.96. The third-order valence-corrected chi connectivity index (χ3v) is 4.79. The van der Waals surface area contributed by atoms with E-state index in [1.165, 1.54) is 17.8 Å². The van der Waals surface area contributed by atoms with Crippen LogP contribution in [0, 0.1) is 5.82 Å². The van der Waals surface area contributed by atoms with E-state index in [-0.39, 0.29) is 11.7 Å². The minimum Gasteiger partial charge on any atom is -0.354 e. The van der Waals surface area contributed by atoms with E-state index in [4.69, 9.17) is 0 Å². The Labute approximate surface area is 131 Å². The first-order chi connectivity index (χ1) is 10.6. The minimum absolute atomic E-state index is 0.103. The van der Waals surface area contributed by atoms with Gasteiger partial charge in [0.1, 0.15) is 5.82 Å². The maximum absolute atomic E-state index is 13.9. The van der Waals surface area contributed by atoms with E-state index in [2.05, 4.69) is 20.8 Å². The van der Waals surface area contributed by atoms with Crippen LogP contribution in [-0.4, -0.2) is 38.4 Å². The van der Waals surface area contributed by atoms with Gasteiger partial charge in [0.05, 0.1) is 5.41 Å². The molecule has 1 heterocycles. The van der Waals surface area contributed by atoms with Gasteiger partial charge in [0.2, 0.25) is 11.1 Å². The maximum atomic E-state index is 13.9. The van der Waals surface area contributed by atoms with Crippen LogP contribution >= 0.6 is 11.8 Å². The second-order valence-electron chi connectivity index (χ2n) is 5.25. The summed E-state index contributed by atoms with van der Waals surface area (Å²) in [5.74, 6) is 0.247. The summed E-state index contributed by atoms with van der Waals surface area (Å²) in [6, 6.07) is 6.50. The number of amides is 1. The van der Waals surface area contributed by atoms with Crippen molar-refractivity contribution in [2.24, 2.45) is 7.05 Å². The van der Waals surface area contributed by atoms with Gasteiger partial charge in [0, 0.05) is 24.9 Å². The van der Waals surface area contributed by atoms with E-state index in [0.717, 1.165) is 0 Å². The lowest BCUT2D eigenvalue weighted by molar-refractivity contribution is -0.123. The minimum atomic E-state index is -0.678. The molecular weight excluding hydrogens is 305 g/mol. The van der Waals surface area contributed by atoms with Gasteiger partial charge in [0.25, 0.3) is 0 Å². The van der Waals surface area contributed by atoms with Crippen LogP contribution < -0.4 is 5.32 Å². The molecule has 1 aliphatic rings. The van der Waals surface area contributed by atoms with E-state index in [1.54, 1.807) is 29.9 Å². The van der Waals surface area contributed by atoms with Crippen molar-refractivity contribution in [3.05, 3.63) is 35.6 Å². The molecule has 0 aliphatic heterocycles. The highest BCUT2D eigenvalue weighted by Crippen LogP contribution is 2.49. The van der Waals surface area contributed by atoms with Crippen molar-refractivity contribution in [3.8, 4) is 0 Å². The number of thioether (sulfide) groups is 1. The molecule has 8 heteroatoms. The Morgan fingerprint density at radius 3 is 2.86 bits per heavy atom. The molecule has 1 amide bonds. The SMILES string of the molecule is Cn1nnnc1SCCNC(=O)C1(c2ccccc2F)CC1. The normalized spacial score (nSPS) is 15.5. The zero-order valence-corrected chi connectivity index (χ0v) is 12.9. The molecule has 0 unspecified atom stereocenters. The van der Waals surface area contributed by atoms with Crippen LogP contribution in [0.1, 0.15) is 18.4 Å². The molecule has 116 valence electrons. The first-order valence-corrected chi connectivity index (χ1v) is 8.00. The lowest BCUT2D eigenvalue weighted by Gasteiger charge is -2.16. The van der Waals surface area contributed by atoms with Crippen molar-refractivity contribution in [2.75, 3.05) is 12.3 Å². The van der Waals surface area contributed by atoms with Crippen LogP contribution in [0.4, 0.5) is 4.39 Å². The van der Waals surface area contributed by atoms with Crippen LogP contribution in [-0.2, 0) is 17.3 Å². The number of aromatic nitrogens is 4. The fourth-order valence-electron chi connectivity index (χ4n) is 2.41. The standard InChI is InChI=1S/C14H16FN5OS/c1-20-13(17-18-19-20)22-9-8-16-12(21)14(6-7-14)10-4-2-3-5-11(10)15/h2-5H,6-9H2,1H3,(H,16,21). The average Bonchev–Trinajstić information content (AvgIpc) is 3.22. The Bertz CT molecular complexity index is 685. The summed E-state index contributed by atoms with van der Waals surface area (Å²) in [6.07, 6.45) is 1.39. The van der Waals surface area contributed by atoms with Crippen LogP contribution in [0.2, 0.25) is 0 Å². The second-order valence-corrected chi connectivity index (χ2v) is 6.31. The number of tetrazole rings is 1. The van der Waals surface area contributed by atoms with Crippen LogP contribution in [0.25, 0.3) is 0 Å². The van der Waals surface area contributed by atoms with Crippen LogP contribution in [0.15, 0.2) is 29.4 Å². The third kappa shape index (κ3) is 2.83. The largest absolute Gasteiger partial charge is 0.354 e. The highest BCUT2D eigenvalue weighted by molar-refractivity contribution is 7.99. The molecule has 0 radical (unpaired) electrons. The van der Waals surface area contributed by atoms with Gasteiger partial charge in [-0.1, -0.05) is 30.0 Å². The number of benzene rings is 1. The summed E-state index contributed by atoms with van der Waals surface area (Å²) in [4.78, 5) is 12.4. The molecule has 3 rings (SSSR count). The molecule has 1 saturated carbocycles. The number of nitrogens with zero attached hydrogens (tertiary/aromatic N) is 4. The monoisotopic (exact) mass is 321 g/mol. The van der Waals surface area contributed by atoms with Crippen molar-refractivity contribution in [1.82, 2.24) is 25.5 Å². The quantitative estimate of drug-likeness (QED) is 0.641. The Morgan fingerprint density at radius 2 is 2.23 bits per heavy atom. The Kier molecular flexibility index (Phi) is 4.10. The fraction of sp³-hybridized carbons (Fsp3) is 0.429. The predicted molar refractivity (Wildman–Crippen MR) is 79.8 cm³/mol. The van der Waals surface area contributed by atoms with Gasteiger partial charge in [-0.05, 0) is 29.3 Å². The van der Waals surface area contributed by atoms with E-state index < -0.39 is 5.41 Å². The molecule has 0 saturated heterocycles. The van der Waals surface area contributed by atoms with Crippen molar-refractivity contribution >= 4 is 17.7 Å². The molecule has 0 bridgehead atoms. The molecule has 1 N–H and O–H groups in total. The number of hydrogen-bond donors (Lipinski definition) is 1. The van der Waals surface area contributed by atoms with Gasteiger partial charge < -0.3 is 5.32 Å². The summed E-state index contributed by atoms with van der Waals surface area (Å²) in [5.41, 5.74) is -0.180. The van der Waals surface area contributed by atoms with Gasteiger partial charge in [-0.15, -0.1) is 5.10 Å². The number of hydrogen-bond acceptors (Lipinski definition) is 5. The van der Waals surface area contributed by atoms with Crippen LogP contribution in [0.5, 0.6) is 0 Å². The van der Waals surface area contributed by atoms with Gasteiger partial charge in [-0.3, -0.25) is 4.79 Å². The molecule has 22 heavy (non-hydrogen) atoms. The van der Waals surface area contributed by atoms with Crippen LogP contribution in [0.3, 0.4) is 0 Å². The van der Waals surface area contributed by atoms with Crippen molar-refractivity contribution in [1.29, 1.82) is 0 Å². The molecule has 1 aliphatic carbocycles. The molecule has 6 nitrogen and oxygen atoms in total. The third-order valence-electron chi connectivity index (χ3n) is 3.77. The van der Waals surface area contributed by atoms with E-state index in [0.29, 0.717) is 35.9 Å². The van der Waals surface area contributed by atoms with Gasteiger partial charge >= 0.3 is 0 Å². The maximum Gasteiger partial charge on any atom is 0.230 e. The molecule has 2 aromatic rings. The second kappa shape index (κ2) is 6.04. The number of aryl methyl sites for hydroxylation is 1. The molecule has 0 atom stereocenters. The summed E-state index contributed by atoms with van der Waals surface area (Å²) >= 11 is 1.46. The average molecular weight is 321 g/mol. The van der Waals surface area contributed by atoms with E-state index in [9.17, 15) is 9.18 Å². The van der Waals surface area contributed by atoms with Crippen molar-refractivity contribution < 1.29 is 9.18 Å². The summed E-state index contributed by atoms with van der Waals surface area (Å²) in [6.45, 7) is 0.493. The van der Waals surface area contributed by atoms with Gasteiger partial charge in [-0.2, -0.15) is 0 Å². The lowest BCUT2D eigenvalue weighted by Crippen LogP contribution is -2.36. The molecule has 1 aromatic heterocycles.